The number of hydrogen-bond donors (Lipinski definition) is 1. The zero-order valence-electron chi connectivity index (χ0n) is 9.67. The number of rotatable bonds is 3. The smallest absolute Gasteiger partial charge is 0.308 e. The Hall–Kier alpha value is -2.35. The molecule has 1 heterocycles. The highest BCUT2D eigenvalue weighted by molar-refractivity contribution is 5.86. The molecule has 1 aromatic carbocycles. The Labute approximate surface area is 104 Å². The van der Waals surface area contributed by atoms with Crippen molar-refractivity contribution < 1.29 is 14.7 Å². The quantitative estimate of drug-likeness (QED) is 0.859. The number of carbonyl (C=O) groups excluding carboxylic acids is 1. The van der Waals surface area contributed by atoms with Crippen LogP contribution in [0.2, 0.25) is 0 Å². The number of nitriles is 1. The van der Waals surface area contributed by atoms with Crippen molar-refractivity contribution in [2.45, 2.75) is 13.0 Å². The summed E-state index contributed by atoms with van der Waals surface area (Å²) >= 11 is 0. The number of likely N-dealkylation sites (tertiary alicyclic amines) is 1. The van der Waals surface area contributed by atoms with Crippen molar-refractivity contribution in [3.05, 3.63) is 35.4 Å². The maximum atomic E-state index is 11.6. The molecule has 1 N–H and O–H groups in total. The highest BCUT2D eigenvalue weighted by Crippen LogP contribution is 2.20. The van der Waals surface area contributed by atoms with Gasteiger partial charge < -0.3 is 10.0 Å². The van der Waals surface area contributed by atoms with E-state index in [2.05, 4.69) is 0 Å². The molecule has 1 unspecified atom stereocenters. The van der Waals surface area contributed by atoms with Crippen LogP contribution in [0.25, 0.3) is 0 Å². The van der Waals surface area contributed by atoms with E-state index in [0.717, 1.165) is 5.56 Å². The van der Waals surface area contributed by atoms with Crippen LogP contribution in [0.5, 0.6) is 0 Å². The van der Waals surface area contributed by atoms with Gasteiger partial charge in [-0.2, -0.15) is 5.26 Å². The lowest BCUT2D eigenvalue weighted by atomic mass is 10.1. The van der Waals surface area contributed by atoms with Gasteiger partial charge in [0.05, 0.1) is 17.6 Å². The van der Waals surface area contributed by atoms with Crippen molar-refractivity contribution in [3.8, 4) is 6.07 Å². The molecule has 92 valence electrons. The van der Waals surface area contributed by atoms with Gasteiger partial charge in [0.25, 0.3) is 0 Å². The van der Waals surface area contributed by atoms with Crippen molar-refractivity contribution in [2.24, 2.45) is 5.92 Å². The van der Waals surface area contributed by atoms with Crippen molar-refractivity contribution in [2.75, 3.05) is 6.54 Å². The number of benzene rings is 1. The average molecular weight is 244 g/mol. The molecule has 0 radical (unpaired) electrons. The predicted molar refractivity (Wildman–Crippen MR) is 62.3 cm³/mol. The third kappa shape index (κ3) is 2.48. The van der Waals surface area contributed by atoms with Crippen molar-refractivity contribution in [3.63, 3.8) is 0 Å². The van der Waals surface area contributed by atoms with E-state index in [1.807, 2.05) is 6.07 Å². The second-order valence-corrected chi connectivity index (χ2v) is 4.32. The molecule has 1 aromatic rings. The lowest BCUT2D eigenvalue weighted by Gasteiger charge is -2.15. The van der Waals surface area contributed by atoms with Gasteiger partial charge in [0, 0.05) is 19.5 Å². The number of carboxylic acids is 1. The Morgan fingerprint density at radius 1 is 1.44 bits per heavy atom. The second-order valence-electron chi connectivity index (χ2n) is 4.32. The number of hydrogen-bond acceptors (Lipinski definition) is 3. The van der Waals surface area contributed by atoms with Crippen LogP contribution >= 0.6 is 0 Å². The number of carboxylic acid groups (broad SMARTS) is 1. The third-order valence-electron chi connectivity index (χ3n) is 3.02. The lowest BCUT2D eigenvalue weighted by Crippen LogP contribution is -2.25. The van der Waals surface area contributed by atoms with Gasteiger partial charge in [-0.15, -0.1) is 0 Å². The third-order valence-corrected chi connectivity index (χ3v) is 3.02. The molecule has 1 atom stereocenters. The Morgan fingerprint density at radius 2 is 2.11 bits per heavy atom. The van der Waals surface area contributed by atoms with Crippen LogP contribution in [0.1, 0.15) is 17.5 Å². The maximum Gasteiger partial charge on any atom is 0.308 e. The molecule has 18 heavy (non-hydrogen) atoms. The van der Waals surface area contributed by atoms with Gasteiger partial charge >= 0.3 is 5.97 Å². The summed E-state index contributed by atoms with van der Waals surface area (Å²) in [7, 11) is 0. The molecule has 1 saturated heterocycles. The number of amides is 1. The number of nitrogens with zero attached hydrogens (tertiary/aromatic N) is 2. The van der Waals surface area contributed by atoms with E-state index in [9.17, 15) is 9.59 Å². The van der Waals surface area contributed by atoms with Crippen molar-refractivity contribution in [1.29, 1.82) is 5.26 Å². The molecule has 5 nitrogen and oxygen atoms in total. The molecular weight excluding hydrogens is 232 g/mol. The molecule has 1 amide bonds. The Bertz CT molecular complexity index is 516. The standard InChI is InChI=1S/C13H12N2O3/c14-6-9-1-3-10(4-2-9)7-15-8-11(13(17)18)5-12(15)16/h1-4,11H,5,7-8H2,(H,17,18). The van der Waals surface area contributed by atoms with Gasteiger partial charge in [0.1, 0.15) is 0 Å². The summed E-state index contributed by atoms with van der Waals surface area (Å²) in [4.78, 5) is 24.0. The molecule has 0 spiro atoms. The molecule has 1 aliphatic heterocycles. The van der Waals surface area contributed by atoms with E-state index in [4.69, 9.17) is 10.4 Å². The average Bonchev–Trinajstić information content (AvgIpc) is 2.72. The summed E-state index contributed by atoms with van der Waals surface area (Å²) in [5, 5.41) is 17.5. The molecule has 0 aliphatic carbocycles. The second kappa shape index (κ2) is 4.88. The monoisotopic (exact) mass is 244 g/mol. The molecule has 0 bridgehead atoms. The Kier molecular flexibility index (Phi) is 3.28. The van der Waals surface area contributed by atoms with Gasteiger partial charge in [-0.1, -0.05) is 12.1 Å². The molecule has 0 saturated carbocycles. The highest BCUT2D eigenvalue weighted by Gasteiger charge is 2.33. The first-order valence-corrected chi connectivity index (χ1v) is 5.60. The fraction of sp³-hybridized carbons (Fsp3) is 0.308. The normalized spacial score (nSPS) is 18.7. The first-order chi connectivity index (χ1) is 8.60. The molecule has 0 aromatic heterocycles. The summed E-state index contributed by atoms with van der Waals surface area (Å²) in [5.41, 5.74) is 1.46. The van der Waals surface area contributed by atoms with E-state index >= 15 is 0 Å². The zero-order valence-corrected chi connectivity index (χ0v) is 9.67. The van der Waals surface area contributed by atoms with E-state index in [1.54, 1.807) is 29.2 Å². The zero-order chi connectivity index (χ0) is 13.1. The van der Waals surface area contributed by atoms with Gasteiger partial charge in [-0.3, -0.25) is 9.59 Å². The first kappa shape index (κ1) is 12.1. The molecule has 5 heteroatoms. The van der Waals surface area contributed by atoms with E-state index in [1.165, 1.54) is 0 Å². The van der Waals surface area contributed by atoms with Crippen LogP contribution in [-0.2, 0) is 16.1 Å². The summed E-state index contributed by atoms with van der Waals surface area (Å²) < 4.78 is 0. The minimum atomic E-state index is -0.925. The van der Waals surface area contributed by atoms with Crippen LogP contribution in [0, 0.1) is 17.2 Å². The largest absolute Gasteiger partial charge is 0.481 e. The van der Waals surface area contributed by atoms with E-state index in [0.29, 0.717) is 12.1 Å². The molecular formula is C13H12N2O3. The topological polar surface area (TPSA) is 81.4 Å². The lowest BCUT2D eigenvalue weighted by molar-refractivity contribution is -0.141. The summed E-state index contributed by atoms with van der Waals surface area (Å²) in [6.07, 6.45) is 0.0750. The summed E-state index contributed by atoms with van der Waals surface area (Å²) in [6.45, 7) is 0.655. The minimum Gasteiger partial charge on any atom is -0.481 e. The van der Waals surface area contributed by atoms with Crippen LogP contribution in [-0.4, -0.2) is 28.4 Å². The number of aliphatic carboxylic acids is 1. The fourth-order valence-corrected chi connectivity index (χ4v) is 2.00. The van der Waals surface area contributed by atoms with Crippen LogP contribution in [0.4, 0.5) is 0 Å². The van der Waals surface area contributed by atoms with Gasteiger partial charge in [-0.25, -0.2) is 0 Å². The van der Waals surface area contributed by atoms with Crippen molar-refractivity contribution >= 4 is 11.9 Å². The molecule has 1 aliphatic rings. The van der Waals surface area contributed by atoms with Crippen LogP contribution in [0.3, 0.4) is 0 Å². The van der Waals surface area contributed by atoms with Crippen molar-refractivity contribution in [1.82, 2.24) is 4.90 Å². The first-order valence-electron chi connectivity index (χ1n) is 5.60. The van der Waals surface area contributed by atoms with Gasteiger partial charge in [0.15, 0.2) is 0 Å². The van der Waals surface area contributed by atoms with Gasteiger partial charge in [0.2, 0.25) is 5.91 Å². The van der Waals surface area contributed by atoms with Crippen LogP contribution < -0.4 is 0 Å². The highest BCUT2D eigenvalue weighted by atomic mass is 16.4. The predicted octanol–water partition coefficient (Wildman–Crippen LogP) is 0.991. The summed E-state index contributed by atoms with van der Waals surface area (Å²) in [5.74, 6) is -1.66. The van der Waals surface area contributed by atoms with Gasteiger partial charge in [-0.05, 0) is 17.7 Å². The number of carbonyl (C=O) groups is 2. The summed E-state index contributed by atoms with van der Waals surface area (Å²) in [6, 6.07) is 8.95. The Morgan fingerprint density at radius 3 is 2.61 bits per heavy atom. The van der Waals surface area contributed by atoms with E-state index in [-0.39, 0.29) is 18.9 Å². The molecule has 1 fully saturated rings. The van der Waals surface area contributed by atoms with Crippen LogP contribution in [0.15, 0.2) is 24.3 Å². The SMILES string of the molecule is N#Cc1ccc(CN2CC(C(=O)O)CC2=O)cc1. The molecule has 2 rings (SSSR count). The Balaban J connectivity index is 2.03. The minimum absolute atomic E-state index is 0.0750. The van der Waals surface area contributed by atoms with E-state index < -0.39 is 11.9 Å². The maximum absolute atomic E-state index is 11.6. The fourth-order valence-electron chi connectivity index (χ4n) is 2.00.